The van der Waals surface area contributed by atoms with E-state index in [1.54, 1.807) is 12.2 Å². The van der Waals surface area contributed by atoms with Crippen molar-refractivity contribution in [1.82, 2.24) is 0 Å². The normalized spacial score (nSPS) is 27.7. The van der Waals surface area contributed by atoms with Gasteiger partial charge in [0.25, 0.3) is 0 Å². The molecule has 1 aliphatic rings. The Hall–Kier alpha value is -1.16. The molecule has 1 atom stereocenters. The van der Waals surface area contributed by atoms with E-state index in [1.165, 1.54) is 6.21 Å². The molecule has 1 heterocycles. The number of hydrogen-bond donors (Lipinski definition) is 1. The zero-order valence-electron chi connectivity index (χ0n) is 5.99. The van der Waals surface area contributed by atoms with Crippen LogP contribution in [0.25, 0.3) is 0 Å². The van der Waals surface area contributed by atoms with E-state index in [4.69, 9.17) is 5.73 Å². The molecular weight excluding hydrogens is 144 g/mol. The van der Waals surface area contributed by atoms with E-state index in [1.807, 2.05) is 0 Å². The summed E-state index contributed by atoms with van der Waals surface area (Å²) < 4.78 is 0. The molecule has 4 nitrogen and oxygen atoms in total. The second-order valence-electron chi connectivity index (χ2n) is 2.38. The van der Waals surface area contributed by atoms with Crippen LogP contribution in [-0.2, 0) is 9.90 Å². The fraction of sp³-hybridized carbons (Fsp3) is 0.429. The molecule has 0 aromatic rings. The van der Waals surface area contributed by atoms with E-state index in [2.05, 4.69) is 4.99 Å². The standard InChI is InChI=1S/C7H9N2O2/c8-6(11)7(3-5-10)2-1-4-9-7/h1-2,4H,3,5H2,(H2,8,11). The molecule has 4 heteroatoms. The quantitative estimate of drug-likeness (QED) is 0.592. The maximum absolute atomic E-state index is 10.8. The molecule has 59 valence electrons. The number of carbonyl (C=O) groups excluding carboxylic acids is 1. The monoisotopic (exact) mass is 153 g/mol. The molecular formula is C7H9N2O2. The summed E-state index contributed by atoms with van der Waals surface area (Å²) in [5.41, 5.74) is 4.04. The van der Waals surface area contributed by atoms with E-state index in [-0.39, 0.29) is 13.0 Å². The number of allylic oxidation sites excluding steroid dienone is 1. The van der Waals surface area contributed by atoms with Crippen LogP contribution < -0.4 is 5.73 Å². The van der Waals surface area contributed by atoms with Crippen LogP contribution in [0.4, 0.5) is 0 Å². The van der Waals surface area contributed by atoms with Crippen LogP contribution in [0.15, 0.2) is 17.1 Å². The van der Waals surface area contributed by atoms with Gasteiger partial charge in [-0.2, -0.15) is 0 Å². The van der Waals surface area contributed by atoms with Crippen LogP contribution in [-0.4, -0.2) is 24.3 Å². The number of carbonyl (C=O) groups is 1. The lowest BCUT2D eigenvalue weighted by Gasteiger charge is -2.17. The van der Waals surface area contributed by atoms with Gasteiger partial charge in [0.2, 0.25) is 5.91 Å². The van der Waals surface area contributed by atoms with E-state index >= 15 is 0 Å². The summed E-state index contributed by atoms with van der Waals surface area (Å²) in [4.78, 5) is 14.7. The average molecular weight is 153 g/mol. The summed E-state index contributed by atoms with van der Waals surface area (Å²) in [5, 5.41) is 10.3. The first-order valence-electron chi connectivity index (χ1n) is 3.32. The first-order valence-corrected chi connectivity index (χ1v) is 3.32. The first kappa shape index (κ1) is 7.94. The average Bonchev–Trinajstić information content (AvgIpc) is 2.38. The van der Waals surface area contributed by atoms with Crippen molar-refractivity contribution in [1.29, 1.82) is 0 Å². The van der Waals surface area contributed by atoms with Crippen molar-refractivity contribution in [3.63, 3.8) is 0 Å². The molecule has 1 radical (unpaired) electrons. The third-order valence-electron chi connectivity index (χ3n) is 1.67. The summed E-state index contributed by atoms with van der Waals surface area (Å²) in [5.74, 6) is -0.557. The topological polar surface area (TPSA) is 75.3 Å². The zero-order valence-corrected chi connectivity index (χ0v) is 5.99. The van der Waals surface area contributed by atoms with E-state index in [0.717, 1.165) is 0 Å². The Balaban J connectivity index is 2.80. The van der Waals surface area contributed by atoms with Crippen LogP contribution in [0.1, 0.15) is 6.42 Å². The van der Waals surface area contributed by atoms with Gasteiger partial charge in [-0.15, -0.1) is 0 Å². The second kappa shape index (κ2) is 2.84. The number of rotatable bonds is 3. The molecule has 0 aromatic heterocycles. The van der Waals surface area contributed by atoms with Crippen molar-refractivity contribution in [3.05, 3.63) is 12.2 Å². The SMILES string of the molecule is NC(=O)C1(CC[O])C=CC=N1. The number of amides is 1. The minimum atomic E-state index is -1.04. The molecule has 1 rings (SSSR count). The molecule has 1 aliphatic heterocycles. The molecule has 0 saturated heterocycles. The van der Waals surface area contributed by atoms with Crippen LogP contribution in [0, 0.1) is 0 Å². The van der Waals surface area contributed by atoms with Crippen molar-refractivity contribution < 1.29 is 9.90 Å². The maximum Gasteiger partial charge on any atom is 0.249 e. The lowest BCUT2D eigenvalue weighted by molar-refractivity contribution is -0.122. The lowest BCUT2D eigenvalue weighted by atomic mass is 9.97. The number of primary amides is 1. The fourth-order valence-electron chi connectivity index (χ4n) is 0.994. The van der Waals surface area contributed by atoms with Crippen molar-refractivity contribution in [2.45, 2.75) is 12.0 Å². The highest BCUT2D eigenvalue weighted by atomic mass is 16.3. The number of aliphatic imine (C=N–C) groups is 1. The van der Waals surface area contributed by atoms with Gasteiger partial charge in [-0.1, -0.05) is 0 Å². The second-order valence-corrected chi connectivity index (χ2v) is 2.38. The Morgan fingerprint density at radius 2 is 2.36 bits per heavy atom. The molecule has 0 bridgehead atoms. The molecule has 0 saturated carbocycles. The molecule has 0 aromatic carbocycles. The van der Waals surface area contributed by atoms with Gasteiger partial charge in [0.1, 0.15) is 0 Å². The third-order valence-corrected chi connectivity index (χ3v) is 1.67. The van der Waals surface area contributed by atoms with Gasteiger partial charge in [0.15, 0.2) is 5.54 Å². The molecule has 1 unspecified atom stereocenters. The van der Waals surface area contributed by atoms with Crippen molar-refractivity contribution >= 4 is 12.1 Å². The maximum atomic E-state index is 10.8. The Morgan fingerprint density at radius 3 is 2.73 bits per heavy atom. The predicted octanol–water partition coefficient (Wildman–Crippen LogP) is -0.328. The number of nitrogens with zero attached hydrogens (tertiary/aromatic N) is 1. The van der Waals surface area contributed by atoms with Crippen LogP contribution in [0.3, 0.4) is 0 Å². The smallest absolute Gasteiger partial charge is 0.249 e. The van der Waals surface area contributed by atoms with Gasteiger partial charge in [-0.05, 0) is 12.2 Å². The van der Waals surface area contributed by atoms with E-state index < -0.39 is 11.4 Å². The highest BCUT2D eigenvalue weighted by Gasteiger charge is 2.33. The Labute approximate surface area is 64.4 Å². The summed E-state index contributed by atoms with van der Waals surface area (Å²) in [7, 11) is 0. The fourth-order valence-corrected chi connectivity index (χ4v) is 0.994. The van der Waals surface area contributed by atoms with Gasteiger partial charge in [-0.3, -0.25) is 9.79 Å². The third kappa shape index (κ3) is 1.30. The van der Waals surface area contributed by atoms with Gasteiger partial charge < -0.3 is 5.73 Å². The van der Waals surface area contributed by atoms with Gasteiger partial charge >= 0.3 is 0 Å². The minimum Gasteiger partial charge on any atom is -0.367 e. The van der Waals surface area contributed by atoms with E-state index in [9.17, 15) is 9.90 Å². The summed E-state index contributed by atoms with van der Waals surface area (Å²) in [6.45, 7) is -0.343. The van der Waals surface area contributed by atoms with Crippen LogP contribution in [0.5, 0.6) is 0 Å². The molecule has 0 fully saturated rings. The Kier molecular flexibility index (Phi) is 2.05. The number of nitrogens with two attached hydrogens (primary N) is 1. The zero-order chi connectivity index (χ0) is 8.32. The van der Waals surface area contributed by atoms with Crippen molar-refractivity contribution in [2.24, 2.45) is 10.7 Å². The van der Waals surface area contributed by atoms with Gasteiger partial charge in [0.05, 0.1) is 6.61 Å². The molecule has 2 N–H and O–H groups in total. The highest BCUT2D eigenvalue weighted by Crippen LogP contribution is 2.20. The highest BCUT2D eigenvalue weighted by molar-refractivity contribution is 5.93. The summed E-state index contributed by atoms with van der Waals surface area (Å²) in [6, 6.07) is 0. The predicted molar refractivity (Wildman–Crippen MR) is 39.7 cm³/mol. The van der Waals surface area contributed by atoms with Crippen LogP contribution in [0.2, 0.25) is 0 Å². The Morgan fingerprint density at radius 1 is 1.64 bits per heavy atom. The number of hydrogen-bond acceptors (Lipinski definition) is 2. The lowest BCUT2D eigenvalue weighted by Crippen LogP contribution is -2.40. The molecule has 11 heavy (non-hydrogen) atoms. The van der Waals surface area contributed by atoms with Gasteiger partial charge in [-0.25, -0.2) is 5.11 Å². The van der Waals surface area contributed by atoms with Crippen molar-refractivity contribution in [2.75, 3.05) is 6.61 Å². The first-order chi connectivity index (χ1) is 5.21. The molecule has 1 amide bonds. The van der Waals surface area contributed by atoms with Crippen LogP contribution >= 0.6 is 0 Å². The van der Waals surface area contributed by atoms with E-state index in [0.29, 0.717) is 0 Å². The summed E-state index contributed by atoms with van der Waals surface area (Å²) in [6.07, 6.45) is 4.82. The Bertz CT molecular complexity index is 208. The largest absolute Gasteiger partial charge is 0.367 e. The van der Waals surface area contributed by atoms with Crippen molar-refractivity contribution in [3.8, 4) is 0 Å². The minimum absolute atomic E-state index is 0.148. The molecule has 0 aliphatic carbocycles. The summed E-state index contributed by atoms with van der Waals surface area (Å²) >= 11 is 0. The van der Waals surface area contributed by atoms with Gasteiger partial charge in [0, 0.05) is 12.6 Å². The molecule has 0 spiro atoms.